The van der Waals surface area contributed by atoms with Crippen molar-refractivity contribution in [3.63, 3.8) is 0 Å². The van der Waals surface area contributed by atoms with Crippen molar-refractivity contribution in [3.05, 3.63) is 35.9 Å². The third-order valence-corrected chi connectivity index (χ3v) is 5.09. The highest BCUT2D eigenvalue weighted by Gasteiger charge is 2.28. The van der Waals surface area contributed by atoms with Crippen molar-refractivity contribution in [2.24, 2.45) is 11.7 Å². The number of hydrogen-bond acceptors (Lipinski definition) is 4. The van der Waals surface area contributed by atoms with Gasteiger partial charge in [0, 0.05) is 18.1 Å². The summed E-state index contributed by atoms with van der Waals surface area (Å²) >= 11 is 1.85. The van der Waals surface area contributed by atoms with Gasteiger partial charge in [-0.1, -0.05) is 44.2 Å². The van der Waals surface area contributed by atoms with Crippen LogP contribution in [0.3, 0.4) is 0 Å². The number of nitrogens with two attached hydrogens (primary N) is 1. The Labute approximate surface area is 142 Å². The first-order chi connectivity index (χ1) is 11.0. The summed E-state index contributed by atoms with van der Waals surface area (Å²) in [7, 11) is 0. The normalized spacial score (nSPS) is 19.5. The zero-order chi connectivity index (χ0) is 16.8. The summed E-state index contributed by atoms with van der Waals surface area (Å²) in [6, 6.07) is 9.53. The van der Waals surface area contributed by atoms with E-state index < -0.39 is 6.04 Å². The number of rotatable bonds is 5. The number of benzene rings is 1. The maximum absolute atomic E-state index is 12.5. The molecular formula is C17H25N3O2S. The number of hydrogen-bond donors (Lipinski definition) is 2. The van der Waals surface area contributed by atoms with Gasteiger partial charge >= 0.3 is 0 Å². The Balaban J connectivity index is 1.98. The second-order valence-electron chi connectivity index (χ2n) is 6.08. The summed E-state index contributed by atoms with van der Waals surface area (Å²) in [6.45, 7) is 4.49. The van der Waals surface area contributed by atoms with Crippen LogP contribution >= 0.6 is 11.8 Å². The van der Waals surface area contributed by atoms with Gasteiger partial charge in [-0.05, 0) is 11.5 Å². The van der Waals surface area contributed by atoms with Crippen LogP contribution in [0.4, 0.5) is 0 Å². The van der Waals surface area contributed by atoms with Crippen LogP contribution in [0.5, 0.6) is 0 Å². The van der Waals surface area contributed by atoms with Crippen molar-refractivity contribution < 1.29 is 9.59 Å². The van der Waals surface area contributed by atoms with Gasteiger partial charge in [-0.2, -0.15) is 11.8 Å². The Bertz CT molecular complexity index is 536. The molecule has 2 amide bonds. The molecule has 3 N–H and O–H groups in total. The lowest BCUT2D eigenvalue weighted by atomic mass is 10.0. The molecule has 2 rings (SSSR count). The smallest absolute Gasteiger partial charge is 0.242 e. The van der Waals surface area contributed by atoms with Gasteiger partial charge in [-0.3, -0.25) is 9.59 Å². The fourth-order valence-electron chi connectivity index (χ4n) is 2.54. The van der Waals surface area contributed by atoms with Gasteiger partial charge in [0.05, 0.1) is 18.6 Å². The van der Waals surface area contributed by atoms with Crippen LogP contribution in [-0.2, 0) is 9.59 Å². The van der Waals surface area contributed by atoms with Gasteiger partial charge in [0.1, 0.15) is 0 Å². The maximum Gasteiger partial charge on any atom is 0.242 e. The summed E-state index contributed by atoms with van der Waals surface area (Å²) in [5.41, 5.74) is 6.94. The van der Waals surface area contributed by atoms with E-state index in [0.29, 0.717) is 6.54 Å². The zero-order valence-corrected chi connectivity index (χ0v) is 14.5. The highest BCUT2D eigenvalue weighted by Crippen LogP contribution is 2.29. The summed E-state index contributed by atoms with van der Waals surface area (Å²) < 4.78 is 0. The number of nitrogens with zero attached hydrogens (tertiary/aromatic N) is 1. The lowest BCUT2D eigenvalue weighted by molar-refractivity contribution is -0.135. The number of amides is 2. The largest absolute Gasteiger partial charge is 0.346 e. The van der Waals surface area contributed by atoms with Crippen LogP contribution in [0.25, 0.3) is 0 Å². The van der Waals surface area contributed by atoms with Crippen LogP contribution in [-0.4, -0.2) is 47.4 Å². The molecule has 1 aliphatic heterocycles. The molecule has 6 heteroatoms. The molecular weight excluding hydrogens is 310 g/mol. The Morgan fingerprint density at radius 3 is 2.70 bits per heavy atom. The molecule has 2 atom stereocenters. The lowest BCUT2D eigenvalue weighted by Gasteiger charge is -2.36. The molecule has 1 aromatic carbocycles. The van der Waals surface area contributed by atoms with Gasteiger partial charge in [-0.25, -0.2) is 0 Å². The van der Waals surface area contributed by atoms with Crippen LogP contribution in [0, 0.1) is 5.92 Å². The first-order valence-corrected chi connectivity index (χ1v) is 9.11. The van der Waals surface area contributed by atoms with E-state index in [4.69, 9.17) is 5.73 Å². The predicted octanol–water partition coefficient (Wildman–Crippen LogP) is 1.40. The number of carbonyl (C=O) groups excluding carboxylic acids is 2. The average Bonchev–Trinajstić information content (AvgIpc) is 2.59. The topological polar surface area (TPSA) is 75.4 Å². The molecule has 1 unspecified atom stereocenters. The number of carbonyl (C=O) groups is 2. The van der Waals surface area contributed by atoms with E-state index in [1.807, 2.05) is 60.8 Å². The van der Waals surface area contributed by atoms with E-state index in [1.165, 1.54) is 0 Å². The molecule has 0 radical (unpaired) electrons. The standard InChI is InChI=1S/C17H25N3O2S/c1-12(2)16(18)17(22)19-10-15(21)20-8-9-23-11-14(20)13-6-4-3-5-7-13/h3-7,12,14,16H,8-11,18H2,1-2H3,(H,19,22)/t14?,16-/m0/s1. The van der Waals surface area contributed by atoms with E-state index in [0.717, 1.165) is 17.1 Å². The molecule has 0 bridgehead atoms. The SMILES string of the molecule is CC(C)[C@H](N)C(=O)NCC(=O)N1CCSCC1c1ccccc1. The minimum absolute atomic E-state index is 0.00720. The third kappa shape index (κ3) is 4.72. The van der Waals surface area contributed by atoms with E-state index in [-0.39, 0.29) is 30.3 Å². The van der Waals surface area contributed by atoms with Crippen molar-refractivity contribution in [1.29, 1.82) is 0 Å². The van der Waals surface area contributed by atoms with E-state index in [2.05, 4.69) is 5.32 Å². The maximum atomic E-state index is 12.5. The van der Waals surface area contributed by atoms with Crippen LogP contribution in [0.15, 0.2) is 30.3 Å². The Morgan fingerprint density at radius 2 is 2.04 bits per heavy atom. The highest BCUT2D eigenvalue weighted by molar-refractivity contribution is 7.99. The predicted molar refractivity (Wildman–Crippen MR) is 94.0 cm³/mol. The molecule has 1 fully saturated rings. The summed E-state index contributed by atoms with van der Waals surface area (Å²) in [5.74, 6) is 1.54. The Morgan fingerprint density at radius 1 is 1.35 bits per heavy atom. The molecule has 0 saturated carbocycles. The molecule has 1 heterocycles. The number of nitrogens with one attached hydrogen (secondary N) is 1. The van der Waals surface area contributed by atoms with Crippen molar-refractivity contribution >= 4 is 23.6 Å². The van der Waals surface area contributed by atoms with Gasteiger partial charge in [-0.15, -0.1) is 0 Å². The van der Waals surface area contributed by atoms with Gasteiger partial charge in [0.15, 0.2) is 0 Å². The van der Waals surface area contributed by atoms with Crippen molar-refractivity contribution in [3.8, 4) is 0 Å². The summed E-state index contributed by atoms with van der Waals surface area (Å²) in [4.78, 5) is 26.3. The van der Waals surface area contributed by atoms with E-state index in [9.17, 15) is 9.59 Å². The van der Waals surface area contributed by atoms with Crippen molar-refractivity contribution in [1.82, 2.24) is 10.2 Å². The molecule has 1 aliphatic rings. The van der Waals surface area contributed by atoms with E-state index in [1.54, 1.807) is 0 Å². The third-order valence-electron chi connectivity index (χ3n) is 4.07. The molecule has 0 spiro atoms. The quantitative estimate of drug-likeness (QED) is 0.853. The minimum Gasteiger partial charge on any atom is -0.346 e. The highest BCUT2D eigenvalue weighted by atomic mass is 32.2. The average molecular weight is 335 g/mol. The van der Waals surface area contributed by atoms with Crippen LogP contribution in [0.1, 0.15) is 25.5 Å². The molecule has 0 aromatic heterocycles. The van der Waals surface area contributed by atoms with Crippen LogP contribution in [0.2, 0.25) is 0 Å². The molecule has 1 saturated heterocycles. The Hall–Kier alpha value is -1.53. The van der Waals surface area contributed by atoms with Gasteiger partial charge in [0.25, 0.3) is 0 Å². The monoisotopic (exact) mass is 335 g/mol. The first-order valence-electron chi connectivity index (χ1n) is 7.96. The lowest BCUT2D eigenvalue weighted by Crippen LogP contribution is -2.49. The first kappa shape index (κ1) is 17.8. The van der Waals surface area contributed by atoms with Crippen molar-refractivity contribution in [2.45, 2.75) is 25.9 Å². The fourth-order valence-corrected chi connectivity index (χ4v) is 3.63. The second-order valence-corrected chi connectivity index (χ2v) is 7.23. The van der Waals surface area contributed by atoms with E-state index >= 15 is 0 Å². The fraction of sp³-hybridized carbons (Fsp3) is 0.529. The second kappa shape index (κ2) is 8.36. The number of thioether (sulfide) groups is 1. The minimum atomic E-state index is -0.579. The molecule has 23 heavy (non-hydrogen) atoms. The molecule has 126 valence electrons. The molecule has 1 aromatic rings. The molecule has 5 nitrogen and oxygen atoms in total. The molecule has 0 aliphatic carbocycles. The summed E-state index contributed by atoms with van der Waals surface area (Å²) in [5, 5.41) is 2.67. The zero-order valence-electron chi connectivity index (χ0n) is 13.7. The van der Waals surface area contributed by atoms with Gasteiger partial charge < -0.3 is 16.0 Å². The summed E-state index contributed by atoms with van der Waals surface area (Å²) in [6.07, 6.45) is 0. The van der Waals surface area contributed by atoms with Crippen LogP contribution < -0.4 is 11.1 Å². The Kier molecular flexibility index (Phi) is 6.47. The van der Waals surface area contributed by atoms with Gasteiger partial charge in [0.2, 0.25) is 11.8 Å². The van der Waals surface area contributed by atoms with Crippen molar-refractivity contribution in [2.75, 3.05) is 24.6 Å².